The molecule has 0 heterocycles. The third kappa shape index (κ3) is 57.9. The van der Waals surface area contributed by atoms with Gasteiger partial charge in [0.1, 0.15) is 13.2 Å². The van der Waals surface area contributed by atoms with Crippen LogP contribution in [0.25, 0.3) is 0 Å². The van der Waals surface area contributed by atoms with E-state index in [1.54, 1.807) is 0 Å². The molecule has 71 heavy (non-hydrogen) atoms. The minimum Gasteiger partial charge on any atom is -0.462 e. The molecule has 0 rings (SSSR count). The van der Waals surface area contributed by atoms with E-state index in [-0.39, 0.29) is 31.1 Å². The van der Waals surface area contributed by atoms with Gasteiger partial charge in [0.25, 0.3) is 0 Å². The molecule has 1 unspecified atom stereocenters. The van der Waals surface area contributed by atoms with E-state index in [1.807, 2.05) is 0 Å². The van der Waals surface area contributed by atoms with Crippen LogP contribution in [-0.2, 0) is 28.6 Å². The first-order chi connectivity index (χ1) is 35.0. The lowest BCUT2D eigenvalue weighted by molar-refractivity contribution is -0.167. The van der Waals surface area contributed by atoms with Crippen LogP contribution in [0.3, 0.4) is 0 Å². The van der Waals surface area contributed by atoms with Crippen molar-refractivity contribution >= 4 is 17.9 Å². The first-order valence-electron chi connectivity index (χ1n) is 30.8. The van der Waals surface area contributed by atoms with E-state index in [1.165, 1.54) is 186 Å². The zero-order valence-electron chi connectivity index (χ0n) is 47.2. The molecule has 6 nitrogen and oxygen atoms in total. The fourth-order valence-corrected chi connectivity index (χ4v) is 8.94. The average Bonchev–Trinajstić information content (AvgIpc) is 3.37. The van der Waals surface area contributed by atoms with Crippen molar-refractivity contribution in [3.63, 3.8) is 0 Å². The zero-order valence-corrected chi connectivity index (χ0v) is 47.2. The van der Waals surface area contributed by atoms with Gasteiger partial charge in [-0.05, 0) is 64.2 Å². The van der Waals surface area contributed by atoms with Crippen molar-refractivity contribution in [1.29, 1.82) is 0 Å². The maximum Gasteiger partial charge on any atom is 0.306 e. The second-order valence-corrected chi connectivity index (χ2v) is 20.6. The van der Waals surface area contributed by atoms with Gasteiger partial charge < -0.3 is 14.2 Å². The van der Waals surface area contributed by atoms with Crippen molar-refractivity contribution in [3.05, 3.63) is 60.8 Å². The highest BCUT2D eigenvalue weighted by Gasteiger charge is 2.19. The molecule has 0 saturated heterocycles. The van der Waals surface area contributed by atoms with Gasteiger partial charge in [-0.25, -0.2) is 0 Å². The third-order valence-electron chi connectivity index (χ3n) is 13.5. The summed E-state index contributed by atoms with van der Waals surface area (Å²) in [7, 11) is 0. The van der Waals surface area contributed by atoms with Crippen LogP contribution in [0.1, 0.15) is 316 Å². The summed E-state index contributed by atoms with van der Waals surface area (Å²) in [6, 6.07) is 0. The van der Waals surface area contributed by atoms with Crippen LogP contribution in [0.4, 0.5) is 0 Å². The molecule has 0 aromatic heterocycles. The quantitative estimate of drug-likeness (QED) is 0.0261. The first kappa shape index (κ1) is 68.1. The normalized spacial score (nSPS) is 12.4. The van der Waals surface area contributed by atoms with Crippen molar-refractivity contribution in [2.75, 3.05) is 13.2 Å². The molecule has 6 heteroatoms. The minimum atomic E-state index is -0.766. The fraction of sp³-hybridized carbons (Fsp3) is 0.800. The van der Waals surface area contributed by atoms with E-state index in [0.717, 1.165) is 89.9 Å². The lowest BCUT2D eigenvalue weighted by atomic mass is 10.0. The van der Waals surface area contributed by atoms with Crippen molar-refractivity contribution in [2.45, 2.75) is 322 Å². The molecule has 0 amide bonds. The minimum absolute atomic E-state index is 0.0678. The van der Waals surface area contributed by atoms with Gasteiger partial charge >= 0.3 is 17.9 Å². The number of hydrogen-bond acceptors (Lipinski definition) is 6. The van der Waals surface area contributed by atoms with E-state index in [2.05, 4.69) is 81.5 Å². The Hall–Kier alpha value is -2.89. The number of esters is 3. The Morgan fingerprint density at radius 1 is 0.296 bits per heavy atom. The number of rotatable bonds is 56. The Labute approximate surface area is 440 Å². The van der Waals surface area contributed by atoms with Crippen LogP contribution in [-0.4, -0.2) is 37.2 Å². The van der Waals surface area contributed by atoms with Gasteiger partial charge in [0.15, 0.2) is 6.10 Å². The van der Waals surface area contributed by atoms with Crippen molar-refractivity contribution in [2.24, 2.45) is 0 Å². The first-order valence-corrected chi connectivity index (χ1v) is 30.8. The SMILES string of the molecule is CC/C=C\C/C=C\C/C=C\C/C=C\C/C=C\CCCCCCCCCCCCCCCCCCCC(=O)OCC(COC(=O)CCCCCCCCCC)OC(=O)CCCCCCCCCCCCCC. The van der Waals surface area contributed by atoms with Crippen molar-refractivity contribution in [3.8, 4) is 0 Å². The number of hydrogen-bond donors (Lipinski definition) is 0. The van der Waals surface area contributed by atoms with Gasteiger partial charge in [-0.3, -0.25) is 14.4 Å². The van der Waals surface area contributed by atoms with Crippen molar-refractivity contribution in [1.82, 2.24) is 0 Å². The van der Waals surface area contributed by atoms with Gasteiger partial charge in [-0.1, -0.05) is 293 Å². The smallest absolute Gasteiger partial charge is 0.306 e. The van der Waals surface area contributed by atoms with Gasteiger partial charge in [0.2, 0.25) is 0 Å². The van der Waals surface area contributed by atoms with E-state index >= 15 is 0 Å². The molecule has 0 spiro atoms. The molecular formula is C65H116O6. The Bertz CT molecular complexity index is 1280. The average molecular weight is 994 g/mol. The maximum absolute atomic E-state index is 12.8. The monoisotopic (exact) mass is 993 g/mol. The Balaban J connectivity index is 3.98. The standard InChI is InChI=1S/C65H116O6/c1-4-7-10-13-16-19-21-23-24-25-26-27-28-29-30-31-32-33-34-35-36-37-38-39-40-41-42-43-45-46-49-52-55-58-64(67)70-61-62(60-69-63(66)57-54-51-48-18-15-12-9-6-3)71-65(68)59-56-53-50-47-44-22-20-17-14-11-8-5-2/h7,10,16,19,23-24,26-27,29-30,62H,4-6,8-9,11-15,17-18,20-22,25,28,31-61H2,1-3H3/b10-7-,19-16-,24-23-,27-26-,30-29-. The largest absolute Gasteiger partial charge is 0.462 e. The summed E-state index contributed by atoms with van der Waals surface area (Å²) < 4.78 is 16.8. The molecule has 0 saturated carbocycles. The van der Waals surface area contributed by atoms with E-state index in [0.29, 0.717) is 19.3 Å². The van der Waals surface area contributed by atoms with Gasteiger partial charge in [0.05, 0.1) is 0 Å². The van der Waals surface area contributed by atoms with Gasteiger partial charge in [-0.2, -0.15) is 0 Å². The van der Waals surface area contributed by atoms with Crippen LogP contribution in [0.5, 0.6) is 0 Å². The summed E-state index contributed by atoms with van der Waals surface area (Å²) in [4.78, 5) is 38.0. The summed E-state index contributed by atoms with van der Waals surface area (Å²) >= 11 is 0. The zero-order chi connectivity index (χ0) is 51.4. The summed E-state index contributed by atoms with van der Waals surface area (Å²) in [5.41, 5.74) is 0. The van der Waals surface area contributed by atoms with Gasteiger partial charge in [0, 0.05) is 19.3 Å². The predicted octanol–water partition coefficient (Wildman–Crippen LogP) is 20.8. The Morgan fingerprint density at radius 3 is 0.859 bits per heavy atom. The van der Waals surface area contributed by atoms with Crippen LogP contribution in [0.15, 0.2) is 60.8 Å². The molecule has 0 aromatic carbocycles. The Kier molecular flexibility index (Phi) is 57.2. The maximum atomic E-state index is 12.8. The molecule has 0 aliphatic carbocycles. The molecule has 0 bridgehead atoms. The molecule has 0 aliphatic rings. The molecule has 0 radical (unpaired) electrons. The summed E-state index contributed by atoms with van der Waals surface area (Å²) in [5.74, 6) is -0.857. The number of carbonyl (C=O) groups excluding carboxylic acids is 3. The molecule has 0 aliphatic heterocycles. The highest BCUT2D eigenvalue weighted by molar-refractivity contribution is 5.71. The van der Waals surface area contributed by atoms with Crippen LogP contribution < -0.4 is 0 Å². The molecule has 412 valence electrons. The third-order valence-corrected chi connectivity index (χ3v) is 13.5. The molecule has 0 N–H and O–H groups in total. The molecule has 0 fully saturated rings. The highest BCUT2D eigenvalue weighted by Crippen LogP contribution is 2.17. The fourth-order valence-electron chi connectivity index (χ4n) is 8.94. The van der Waals surface area contributed by atoms with E-state index in [4.69, 9.17) is 14.2 Å². The van der Waals surface area contributed by atoms with E-state index in [9.17, 15) is 14.4 Å². The van der Waals surface area contributed by atoms with Crippen molar-refractivity contribution < 1.29 is 28.6 Å². The lowest BCUT2D eigenvalue weighted by Crippen LogP contribution is -2.30. The Morgan fingerprint density at radius 2 is 0.549 bits per heavy atom. The summed E-state index contributed by atoms with van der Waals surface area (Å²) in [6.45, 7) is 6.52. The number of unbranched alkanes of at least 4 members (excludes halogenated alkanes) is 35. The second kappa shape index (κ2) is 59.7. The lowest BCUT2D eigenvalue weighted by Gasteiger charge is -2.18. The summed E-state index contributed by atoms with van der Waals surface area (Å²) in [5, 5.41) is 0. The van der Waals surface area contributed by atoms with E-state index < -0.39 is 6.10 Å². The van der Waals surface area contributed by atoms with Crippen LogP contribution in [0.2, 0.25) is 0 Å². The van der Waals surface area contributed by atoms with Crippen LogP contribution in [0, 0.1) is 0 Å². The topological polar surface area (TPSA) is 78.9 Å². The second-order valence-electron chi connectivity index (χ2n) is 20.6. The molecule has 0 aromatic rings. The summed E-state index contributed by atoms with van der Waals surface area (Å²) in [6.07, 6.45) is 75.4. The van der Waals surface area contributed by atoms with Gasteiger partial charge in [-0.15, -0.1) is 0 Å². The van der Waals surface area contributed by atoms with Crippen LogP contribution >= 0.6 is 0 Å². The highest BCUT2D eigenvalue weighted by atomic mass is 16.6. The molecular weight excluding hydrogens is 877 g/mol. The predicted molar refractivity (Wildman–Crippen MR) is 307 cm³/mol. The molecule has 1 atom stereocenters. The number of ether oxygens (including phenoxy) is 3. The number of allylic oxidation sites excluding steroid dienone is 10. The number of carbonyl (C=O) groups is 3.